The molecule has 2 N–H and O–H groups in total. The second kappa shape index (κ2) is 5.70. The average molecular weight is 279 g/mol. The van der Waals surface area contributed by atoms with Gasteiger partial charge in [0.2, 0.25) is 5.91 Å². The Morgan fingerprint density at radius 2 is 2.53 bits per heavy atom. The number of piperidine rings is 1. The summed E-state index contributed by atoms with van der Waals surface area (Å²) < 4.78 is 0. The minimum absolute atomic E-state index is 0.142. The van der Waals surface area contributed by atoms with Crippen LogP contribution in [-0.4, -0.2) is 41.1 Å². The predicted molar refractivity (Wildman–Crippen MR) is 74.0 cm³/mol. The molecule has 0 aromatic carbocycles. The van der Waals surface area contributed by atoms with Gasteiger partial charge in [0.1, 0.15) is 11.1 Å². The van der Waals surface area contributed by atoms with Gasteiger partial charge in [-0.05, 0) is 37.8 Å². The summed E-state index contributed by atoms with van der Waals surface area (Å²) in [6.07, 6.45) is 1.66. The fraction of sp³-hybridized carbons (Fsp3) is 0.538. The van der Waals surface area contributed by atoms with Gasteiger partial charge < -0.3 is 10.4 Å². The lowest BCUT2D eigenvalue weighted by atomic mass is 9.95. The zero-order chi connectivity index (χ0) is 13.9. The third-order valence-corrected chi connectivity index (χ3v) is 3.99. The SMILES string of the molecule is CC1(O)CCCN(CC(=O)Nc2sccc2C#N)C1. The van der Waals surface area contributed by atoms with Gasteiger partial charge in [-0.1, -0.05) is 0 Å². The number of anilines is 1. The second-order valence-corrected chi connectivity index (χ2v) is 6.05. The Bertz CT molecular complexity index is 504. The molecule has 0 saturated carbocycles. The number of nitrogens with zero attached hydrogens (tertiary/aromatic N) is 2. The molecule has 1 amide bonds. The number of carbonyl (C=O) groups excluding carboxylic acids is 1. The van der Waals surface area contributed by atoms with Crippen LogP contribution in [0.3, 0.4) is 0 Å². The van der Waals surface area contributed by atoms with Crippen LogP contribution in [0.4, 0.5) is 5.00 Å². The fourth-order valence-electron chi connectivity index (χ4n) is 2.32. The molecular weight excluding hydrogens is 262 g/mol. The Hall–Kier alpha value is -1.42. The highest BCUT2D eigenvalue weighted by molar-refractivity contribution is 7.14. The first-order chi connectivity index (χ1) is 9.00. The van der Waals surface area contributed by atoms with Crippen molar-refractivity contribution in [2.45, 2.75) is 25.4 Å². The van der Waals surface area contributed by atoms with Crippen LogP contribution in [-0.2, 0) is 4.79 Å². The van der Waals surface area contributed by atoms with Gasteiger partial charge in [0.05, 0.1) is 17.7 Å². The lowest BCUT2D eigenvalue weighted by Gasteiger charge is -2.36. The van der Waals surface area contributed by atoms with Crippen LogP contribution in [0.1, 0.15) is 25.3 Å². The molecule has 1 fully saturated rings. The summed E-state index contributed by atoms with van der Waals surface area (Å²) in [5.74, 6) is -0.142. The largest absolute Gasteiger partial charge is 0.389 e. The molecule has 1 atom stereocenters. The molecule has 1 aliphatic rings. The number of thiophene rings is 1. The van der Waals surface area contributed by atoms with E-state index in [1.807, 2.05) is 11.0 Å². The highest BCUT2D eigenvalue weighted by Gasteiger charge is 2.29. The molecule has 19 heavy (non-hydrogen) atoms. The number of nitriles is 1. The Kier molecular flexibility index (Phi) is 4.20. The lowest BCUT2D eigenvalue weighted by Crippen LogP contribution is -2.48. The first-order valence-electron chi connectivity index (χ1n) is 6.22. The molecule has 1 saturated heterocycles. The number of nitrogens with one attached hydrogen (secondary N) is 1. The molecule has 1 aromatic rings. The maximum Gasteiger partial charge on any atom is 0.239 e. The van der Waals surface area contributed by atoms with Crippen molar-refractivity contribution in [2.75, 3.05) is 25.0 Å². The van der Waals surface area contributed by atoms with Crippen molar-refractivity contribution in [3.8, 4) is 6.07 Å². The van der Waals surface area contributed by atoms with Crippen LogP contribution >= 0.6 is 11.3 Å². The monoisotopic (exact) mass is 279 g/mol. The standard InChI is InChI=1S/C13H17N3O2S/c1-13(18)4-2-5-16(9-13)8-11(17)15-12-10(7-14)3-6-19-12/h3,6,18H,2,4-5,8-9H2,1H3,(H,15,17). The fourth-order valence-corrected chi connectivity index (χ4v) is 3.08. The van der Waals surface area contributed by atoms with Gasteiger partial charge in [0, 0.05) is 6.54 Å². The van der Waals surface area contributed by atoms with Gasteiger partial charge in [-0.15, -0.1) is 11.3 Å². The number of hydrogen-bond acceptors (Lipinski definition) is 5. The zero-order valence-electron chi connectivity index (χ0n) is 10.8. The highest BCUT2D eigenvalue weighted by Crippen LogP contribution is 2.23. The first kappa shape index (κ1) is 14.0. The van der Waals surface area contributed by atoms with Crippen molar-refractivity contribution >= 4 is 22.2 Å². The number of rotatable bonds is 3. The van der Waals surface area contributed by atoms with E-state index in [1.165, 1.54) is 11.3 Å². The quantitative estimate of drug-likeness (QED) is 0.877. The van der Waals surface area contributed by atoms with Gasteiger partial charge in [-0.25, -0.2) is 0 Å². The molecule has 0 bridgehead atoms. The third kappa shape index (κ3) is 3.77. The molecule has 0 spiro atoms. The molecule has 102 valence electrons. The van der Waals surface area contributed by atoms with Gasteiger partial charge in [-0.2, -0.15) is 5.26 Å². The number of hydrogen-bond donors (Lipinski definition) is 2. The lowest BCUT2D eigenvalue weighted by molar-refractivity contribution is -0.118. The number of likely N-dealkylation sites (tertiary alicyclic amines) is 1. The van der Waals surface area contributed by atoms with E-state index >= 15 is 0 Å². The topological polar surface area (TPSA) is 76.4 Å². The normalized spacial score (nSPS) is 23.8. The molecule has 1 aromatic heterocycles. The van der Waals surface area contributed by atoms with Crippen molar-refractivity contribution in [1.29, 1.82) is 5.26 Å². The molecule has 1 unspecified atom stereocenters. The van der Waals surface area contributed by atoms with E-state index in [0.29, 0.717) is 17.1 Å². The van der Waals surface area contributed by atoms with Crippen molar-refractivity contribution in [1.82, 2.24) is 4.90 Å². The van der Waals surface area contributed by atoms with E-state index in [0.717, 1.165) is 19.4 Å². The van der Waals surface area contributed by atoms with Gasteiger partial charge in [-0.3, -0.25) is 9.69 Å². The van der Waals surface area contributed by atoms with E-state index in [-0.39, 0.29) is 12.5 Å². The minimum Gasteiger partial charge on any atom is -0.389 e. The van der Waals surface area contributed by atoms with E-state index < -0.39 is 5.60 Å². The Morgan fingerprint density at radius 1 is 1.74 bits per heavy atom. The van der Waals surface area contributed by atoms with Crippen molar-refractivity contribution < 1.29 is 9.90 Å². The van der Waals surface area contributed by atoms with Crippen molar-refractivity contribution in [3.63, 3.8) is 0 Å². The van der Waals surface area contributed by atoms with Crippen molar-refractivity contribution in [3.05, 3.63) is 17.0 Å². The highest BCUT2D eigenvalue weighted by atomic mass is 32.1. The van der Waals surface area contributed by atoms with Crippen molar-refractivity contribution in [2.24, 2.45) is 0 Å². The molecular formula is C13H17N3O2S. The molecule has 1 aliphatic heterocycles. The third-order valence-electron chi connectivity index (χ3n) is 3.16. The summed E-state index contributed by atoms with van der Waals surface area (Å²) >= 11 is 1.34. The summed E-state index contributed by atoms with van der Waals surface area (Å²) in [5.41, 5.74) is -0.219. The summed E-state index contributed by atoms with van der Waals surface area (Å²) in [5, 5.41) is 24.0. The Balaban J connectivity index is 1.90. The minimum atomic E-state index is -0.709. The van der Waals surface area contributed by atoms with Crippen LogP contribution in [0.5, 0.6) is 0 Å². The summed E-state index contributed by atoms with van der Waals surface area (Å²) in [6, 6.07) is 3.73. The number of β-amino-alcohol motifs (C(OH)–C–C–N with tert-alkyl or cyclic N) is 1. The molecule has 6 heteroatoms. The summed E-state index contributed by atoms with van der Waals surface area (Å²) in [7, 11) is 0. The van der Waals surface area contributed by atoms with Crippen LogP contribution in [0, 0.1) is 11.3 Å². The maximum absolute atomic E-state index is 11.9. The van der Waals surface area contributed by atoms with Gasteiger partial charge in [0.15, 0.2) is 0 Å². The predicted octanol–water partition coefficient (Wildman–Crippen LogP) is 1.41. The smallest absolute Gasteiger partial charge is 0.239 e. The molecule has 2 rings (SSSR count). The Morgan fingerprint density at radius 3 is 3.21 bits per heavy atom. The van der Waals surface area contributed by atoms with Gasteiger partial charge >= 0.3 is 0 Å². The van der Waals surface area contributed by atoms with Gasteiger partial charge in [0.25, 0.3) is 0 Å². The van der Waals surface area contributed by atoms with Crippen LogP contribution in [0.15, 0.2) is 11.4 Å². The average Bonchev–Trinajstić information content (AvgIpc) is 2.74. The molecule has 5 nitrogen and oxygen atoms in total. The number of carbonyl (C=O) groups is 1. The Labute approximate surface area is 116 Å². The first-order valence-corrected chi connectivity index (χ1v) is 7.10. The van der Waals surface area contributed by atoms with Crippen LogP contribution in [0.25, 0.3) is 0 Å². The number of aliphatic hydroxyl groups is 1. The molecule has 0 radical (unpaired) electrons. The summed E-state index contributed by atoms with van der Waals surface area (Å²) in [6.45, 7) is 3.37. The van der Waals surface area contributed by atoms with Crippen LogP contribution < -0.4 is 5.32 Å². The van der Waals surface area contributed by atoms with E-state index in [2.05, 4.69) is 5.32 Å². The number of amides is 1. The van der Waals surface area contributed by atoms with E-state index in [4.69, 9.17) is 5.26 Å². The molecule has 2 heterocycles. The molecule has 0 aliphatic carbocycles. The zero-order valence-corrected chi connectivity index (χ0v) is 11.7. The maximum atomic E-state index is 11.9. The van der Waals surface area contributed by atoms with E-state index in [1.54, 1.807) is 18.4 Å². The van der Waals surface area contributed by atoms with E-state index in [9.17, 15) is 9.90 Å². The summed E-state index contributed by atoms with van der Waals surface area (Å²) in [4.78, 5) is 13.9. The second-order valence-electron chi connectivity index (χ2n) is 5.13. The van der Waals surface area contributed by atoms with Crippen LogP contribution in [0.2, 0.25) is 0 Å².